The van der Waals surface area contributed by atoms with E-state index in [0.717, 1.165) is 44.5 Å². The van der Waals surface area contributed by atoms with Crippen molar-refractivity contribution in [3.05, 3.63) is 66.2 Å². The van der Waals surface area contributed by atoms with Crippen LogP contribution in [0.2, 0.25) is 0 Å². The van der Waals surface area contributed by atoms with Crippen molar-refractivity contribution in [3.63, 3.8) is 0 Å². The van der Waals surface area contributed by atoms with Gasteiger partial charge < -0.3 is 14.4 Å². The molecule has 1 unspecified atom stereocenters. The van der Waals surface area contributed by atoms with Crippen LogP contribution < -0.4 is 0 Å². The van der Waals surface area contributed by atoms with Crippen LogP contribution in [0.15, 0.2) is 59.5 Å². The summed E-state index contributed by atoms with van der Waals surface area (Å²) in [6, 6.07) is 11.7. The summed E-state index contributed by atoms with van der Waals surface area (Å²) in [6.07, 6.45) is 7.41. The molecule has 2 aliphatic rings. The van der Waals surface area contributed by atoms with E-state index in [9.17, 15) is 9.90 Å². The Kier molecular flexibility index (Phi) is 5.05. The number of aromatic nitrogens is 1. The normalized spacial score (nSPS) is 21.9. The van der Waals surface area contributed by atoms with Crippen molar-refractivity contribution in [1.82, 2.24) is 14.8 Å². The molecular weight excluding hydrogens is 378 g/mol. The van der Waals surface area contributed by atoms with Gasteiger partial charge in [0, 0.05) is 43.0 Å². The molecule has 1 aromatic carbocycles. The van der Waals surface area contributed by atoms with Crippen molar-refractivity contribution < 1.29 is 14.3 Å². The van der Waals surface area contributed by atoms with E-state index < -0.39 is 6.10 Å². The second kappa shape index (κ2) is 7.85. The molecule has 3 aromatic rings. The largest absolute Gasteiger partial charge is 0.464 e. The zero-order valence-electron chi connectivity index (χ0n) is 17.0. The predicted octanol–water partition coefficient (Wildman–Crippen LogP) is 3.32. The summed E-state index contributed by atoms with van der Waals surface area (Å²) in [5.41, 5.74) is 2.73. The molecule has 2 fully saturated rings. The first kappa shape index (κ1) is 19.3. The van der Waals surface area contributed by atoms with Crippen LogP contribution in [0.25, 0.3) is 11.0 Å². The molecule has 4 heterocycles. The number of hydrogen-bond acceptors (Lipinski definition) is 5. The first-order valence-corrected chi connectivity index (χ1v) is 10.7. The molecule has 1 amide bonds. The average Bonchev–Trinajstić information content (AvgIpc) is 3.18. The number of hydrogen-bond donors (Lipinski definition) is 1. The third kappa shape index (κ3) is 3.73. The highest BCUT2D eigenvalue weighted by Crippen LogP contribution is 2.40. The smallest absolute Gasteiger partial charge is 0.255 e. The number of aliphatic hydroxyl groups is 1. The number of aliphatic hydroxyl groups excluding tert-OH is 1. The van der Waals surface area contributed by atoms with Gasteiger partial charge in [-0.25, -0.2) is 0 Å². The highest BCUT2D eigenvalue weighted by atomic mass is 16.3. The molecule has 2 aromatic heterocycles. The molecule has 30 heavy (non-hydrogen) atoms. The van der Waals surface area contributed by atoms with Gasteiger partial charge in [0.05, 0.1) is 17.9 Å². The van der Waals surface area contributed by atoms with Gasteiger partial charge in [-0.2, -0.15) is 0 Å². The lowest BCUT2D eigenvalue weighted by Crippen LogP contribution is -2.55. The van der Waals surface area contributed by atoms with Crippen molar-refractivity contribution in [2.45, 2.75) is 31.9 Å². The van der Waals surface area contributed by atoms with Crippen molar-refractivity contribution in [3.8, 4) is 0 Å². The number of furan rings is 1. The maximum Gasteiger partial charge on any atom is 0.255 e. The van der Waals surface area contributed by atoms with E-state index in [-0.39, 0.29) is 11.3 Å². The first-order chi connectivity index (χ1) is 14.6. The monoisotopic (exact) mass is 405 g/mol. The molecule has 2 aliphatic heterocycles. The lowest BCUT2D eigenvalue weighted by Gasteiger charge is -2.49. The van der Waals surface area contributed by atoms with Crippen molar-refractivity contribution in [1.29, 1.82) is 0 Å². The van der Waals surface area contributed by atoms with E-state index in [1.807, 2.05) is 29.4 Å². The third-order valence-electron chi connectivity index (χ3n) is 6.69. The van der Waals surface area contributed by atoms with E-state index in [2.05, 4.69) is 16.0 Å². The van der Waals surface area contributed by atoms with Crippen LogP contribution in [-0.4, -0.2) is 58.1 Å². The van der Waals surface area contributed by atoms with Gasteiger partial charge in [0.2, 0.25) is 0 Å². The summed E-state index contributed by atoms with van der Waals surface area (Å²) < 4.78 is 5.69. The topological polar surface area (TPSA) is 69.8 Å². The number of carbonyl (C=O) groups excluding carboxylic acids is 1. The Balaban J connectivity index is 1.25. The summed E-state index contributed by atoms with van der Waals surface area (Å²) in [4.78, 5) is 21.3. The fraction of sp³-hybridized carbons (Fsp3) is 0.417. The van der Waals surface area contributed by atoms with Crippen molar-refractivity contribution in [2.75, 3.05) is 26.2 Å². The number of para-hydroxylation sites is 1. The first-order valence-electron chi connectivity index (χ1n) is 10.7. The number of carbonyl (C=O) groups is 1. The Hall–Kier alpha value is -2.70. The number of rotatable bonds is 3. The minimum absolute atomic E-state index is 0.00942. The maximum absolute atomic E-state index is 12.9. The van der Waals surface area contributed by atoms with Crippen LogP contribution in [0.3, 0.4) is 0 Å². The number of pyridine rings is 1. The van der Waals surface area contributed by atoms with Gasteiger partial charge in [-0.15, -0.1) is 0 Å². The summed E-state index contributed by atoms with van der Waals surface area (Å²) >= 11 is 0. The lowest BCUT2D eigenvalue weighted by molar-refractivity contribution is -0.0337. The van der Waals surface area contributed by atoms with Gasteiger partial charge in [-0.1, -0.05) is 18.2 Å². The van der Waals surface area contributed by atoms with Gasteiger partial charge in [0.15, 0.2) is 0 Å². The van der Waals surface area contributed by atoms with Crippen LogP contribution in [0.4, 0.5) is 0 Å². The van der Waals surface area contributed by atoms with Crippen LogP contribution in [0.5, 0.6) is 0 Å². The van der Waals surface area contributed by atoms with E-state index in [0.29, 0.717) is 18.7 Å². The van der Waals surface area contributed by atoms with Gasteiger partial charge >= 0.3 is 0 Å². The minimum atomic E-state index is -0.469. The Labute approximate surface area is 176 Å². The summed E-state index contributed by atoms with van der Waals surface area (Å²) in [7, 11) is 0. The molecule has 6 nitrogen and oxygen atoms in total. The van der Waals surface area contributed by atoms with E-state index >= 15 is 0 Å². The SMILES string of the molecule is O=C(c1cccnc1)N1CC(O)CC2(CCN(Cc3coc4ccccc34)CC2)C1. The standard InChI is InChI=1S/C24H27N3O3/c28-20-12-24(17-27(15-20)23(29)18-4-3-9-25-13-18)7-10-26(11-8-24)14-19-16-30-22-6-2-1-5-21(19)22/h1-6,9,13,16,20,28H,7-8,10-12,14-15,17H2. The van der Waals surface area contributed by atoms with Crippen molar-refractivity contribution >= 4 is 16.9 Å². The third-order valence-corrected chi connectivity index (χ3v) is 6.69. The van der Waals surface area contributed by atoms with Gasteiger partial charge in [0.1, 0.15) is 5.58 Å². The number of benzene rings is 1. The molecule has 2 saturated heterocycles. The maximum atomic E-state index is 12.9. The average molecular weight is 405 g/mol. The Morgan fingerprint density at radius 1 is 1.20 bits per heavy atom. The molecular formula is C24H27N3O3. The van der Waals surface area contributed by atoms with Gasteiger partial charge in [0.25, 0.3) is 5.91 Å². The molecule has 1 atom stereocenters. The number of piperidine rings is 2. The minimum Gasteiger partial charge on any atom is -0.464 e. The Morgan fingerprint density at radius 3 is 2.83 bits per heavy atom. The van der Waals surface area contributed by atoms with Crippen LogP contribution in [0.1, 0.15) is 35.2 Å². The number of nitrogens with zero attached hydrogens (tertiary/aromatic N) is 3. The number of fused-ring (bicyclic) bond motifs is 1. The molecule has 1 N–H and O–H groups in total. The van der Waals surface area contributed by atoms with E-state index in [1.54, 1.807) is 24.5 Å². The fourth-order valence-electron chi connectivity index (χ4n) is 5.12. The fourth-order valence-corrected chi connectivity index (χ4v) is 5.12. The molecule has 1 spiro atoms. The molecule has 156 valence electrons. The highest BCUT2D eigenvalue weighted by Gasteiger charge is 2.43. The lowest BCUT2D eigenvalue weighted by atomic mass is 9.71. The molecule has 0 saturated carbocycles. The van der Waals surface area contributed by atoms with Crippen LogP contribution >= 0.6 is 0 Å². The highest BCUT2D eigenvalue weighted by molar-refractivity contribution is 5.94. The molecule has 5 rings (SSSR count). The Morgan fingerprint density at radius 2 is 2.03 bits per heavy atom. The van der Waals surface area contributed by atoms with E-state index in [1.165, 1.54) is 10.9 Å². The Bertz CT molecular complexity index is 1020. The van der Waals surface area contributed by atoms with Gasteiger partial charge in [-0.05, 0) is 56.0 Å². The molecule has 0 bridgehead atoms. The second-order valence-electron chi connectivity index (χ2n) is 8.82. The molecule has 0 aliphatic carbocycles. The van der Waals surface area contributed by atoms with Crippen molar-refractivity contribution in [2.24, 2.45) is 5.41 Å². The number of likely N-dealkylation sites (tertiary alicyclic amines) is 2. The number of amides is 1. The quantitative estimate of drug-likeness (QED) is 0.724. The zero-order chi connectivity index (χ0) is 20.6. The van der Waals surface area contributed by atoms with Gasteiger partial charge in [-0.3, -0.25) is 14.7 Å². The van der Waals surface area contributed by atoms with Crippen LogP contribution in [0, 0.1) is 5.41 Å². The predicted molar refractivity (Wildman–Crippen MR) is 114 cm³/mol. The molecule has 6 heteroatoms. The summed E-state index contributed by atoms with van der Waals surface area (Å²) in [6.45, 7) is 3.90. The zero-order valence-corrected chi connectivity index (χ0v) is 17.0. The summed E-state index contributed by atoms with van der Waals surface area (Å²) in [5, 5.41) is 11.7. The van der Waals surface area contributed by atoms with Crippen LogP contribution in [-0.2, 0) is 6.54 Å². The second-order valence-corrected chi connectivity index (χ2v) is 8.82. The summed E-state index contributed by atoms with van der Waals surface area (Å²) in [5.74, 6) is -0.0338. The number of β-amino-alcohol motifs (C(OH)–C–C–N with tert-alkyl or cyclic N) is 1. The van der Waals surface area contributed by atoms with E-state index in [4.69, 9.17) is 4.42 Å². The molecule has 0 radical (unpaired) electrons.